The summed E-state index contributed by atoms with van der Waals surface area (Å²) in [5.74, 6) is -0.979. The molecular weight excluding hydrogens is 292 g/mol. The van der Waals surface area contributed by atoms with Crippen LogP contribution in [0.15, 0.2) is 6.20 Å². The Balaban J connectivity index is 2.06. The lowest BCUT2D eigenvalue weighted by Crippen LogP contribution is -2.47. The number of hydrogen-bond donors (Lipinski definition) is 3. The minimum Gasteiger partial charge on any atom is -0.365 e. The Morgan fingerprint density at radius 2 is 2.05 bits per heavy atom. The highest BCUT2D eigenvalue weighted by Gasteiger charge is 2.31. The molecule has 1 aliphatic rings. The Kier molecular flexibility index (Phi) is 4.89. The monoisotopic (exact) mass is 310 g/mol. The summed E-state index contributed by atoms with van der Waals surface area (Å²) < 4.78 is 0. The van der Waals surface area contributed by atoms with Gasteiger partial charge in [-0.1, -0.05) is 24.2 Å². The summed E-state index contributed by atoms with van der Waals surface area (Å²) in [6.45, 7) is 1.39. The minimum atomic E-state index is -0.581. The van der Waals surface area contributed by atoms with Crippen molar-refractivity contribution in [2.24, 2.45) is 11.7 Å². The summed E-state index contributed by atoms with van der Waals surface area (Å²) in [7, 11) is 0. The van der Waals surface area contributed by atoms with Crippen LogP contribution >= 0.6 is 11.3 Å². The first-order chi connectivity index (χ1) is 9.97. The van der Waals surface area contributed by atoms with Gasteiger partial charge in [0, 0.05) is 6.92 Å². The van der Waals surface area contributed by atoms with Gasteiger partial charge in [0.1, 0.15) is 10.9 Å². The van der Waals surface area contributed by atoms with Gasteiger partial charge >= 0.3 is 0 Å². The van der Waals surface area contributed by atoms with Crippen LogP contribution in [0.5, 0.6) is 0 Å². The topological polar surface area (TPSA) is 114 Å². The molecule has 0 spiro atoms. The maximum absolute atomic E-state index is 12.3. The molecule has 21 heavy (non-hydrogen) atoms. The zero-order valence-electron chi connectivity index (χ0n) is 11.7. The van der Waals surface area contributed by atoms with Crippen molar-refractivity contribution in [1.29, 1.82) is 0 Å². The molecule has 0 bridgehead atoms. The van der Waals surface area contributed by atoms with Crippen LogP contribution in [0.25, 0.3) is 0 Å². The number of hydrogen-bond acceptors (Lipinski definition) is 5. The van der Waals surface area contributed by atoms with E-state index in [-0.39, 0.29) is 22.6 Å². The molecule has 1 aliphatic carbocycles. The number of nitrogens with zero attached hydrogens (tertiary/aromatic N) is 1. The van der Waals surface area contributed by atoms with E-state index in [1.807, 2.05) is 0 Å². The Hall–Kier alpha value is -1.96. The van der Waals surface area contributed by atoms with E-state index < -0.39 is 11.9 Å². The summed E-state index contributed by atoms with van der Waals surface area (Å²) >= 11 is 1.02. The first-order valence-electron chi connectivity index (χ1n) is 6.81. The molecule has 0 saturated heterocycles. The highest BCUT2D eigenvalue weighted by molar-refractivity contribution is 7.17. The molecule has 1 fully saturated rings. The van der Waals surface area contributed by atoms with Crippen LogP contribution in [0.1, 0.15) is 42.3 Å². The molecule has 1 atom stereocenters. The van der Waals surface area contributed by atoms with Gasteiger partial charge in [0.15, 0.2) is 5.13 Å². The number of amides is 3. The lowest BCUT2D eigenvalue weighted by molar-refractivity contribution is -0.126. The van der Waals surface area contributed by atoms with Crippen molar-refractivity contribution >= 4 is 34.2 Å². The fraction of sp³-hybridized carbons (Fsp3) is 0.538. The van der Waals surface area contributed by atoms with Crippen molar-refractivity contribution in [3.8, 4) is 0 Å². The molecule has 1 aromatic rings. The van der Waals surface area contributed by atoms with Crippen molar-refractivity contribution in [2.45, 2.75) is 38.6 Å². The Morgan fingerprint density at radius 1 is 1.38 bits per heavy atom. The molecule has 3 amide bonds. The van der Waals surface area contributed by atoms with E-state index in [0.29, 0.717) is 5.13 Å². The lowest BCUT2D eigenvalue weighted by atomic mass is 9.97. The van der Waals surface area contributed by atoms with E-state index in [0.717, 1.165) is 37.0 Å². The molecule has 114 valence electrons. The molecule has 8 heteroatoms. The third kappa shape index (κ3) is 4.01. The van der Waals surface area contributed by atoms with Crippen LogP contribution in [-0.2, 0) is 9.59 Å². The predicted octanol–water partition coefficient (Wildman–Crippen LogP) is 0.875. The third-order valence-electron chi connectivity index (χ3n) is 3.49. The molecule has 1 aromatic heterocycles. The van der Waals surface area contributed by atoms with Crippen molar-refractivity contribution in [2.75, 3.05) is 5.32 Å². The third-order valence-corrected chi connectivity index (χ3v) is 4.42. The second-order valence-corrected chi connectivity index (χ2v) is 6.14. The highest BCUT2D eigenvalue weighted by Crippen LogP contribution is 2.28. The van der Waals surface area contributed by atoms with Crippen LogP contribution in [-0.4, -0.2) is 28.7 Å². The molecule has 0 aromatic carbocycles. The second-order valence-electron chi connectivity index (χ2n) is 5.11. The Bertz CT molecular complexity index is 551. The molecular formula is C13H18N4O3S. The van der Waals surface area contributed by atoms with E-state index in [1.54, 1.807) is 0 Å². The molecule has 2 rings (SSSR count). The molecule has 0 radical (unpaired) electrons. The predicted molar refractivity (Wildman–Crippen MR) is 78.8 cm³/mol. The van der Waals surface area contributed by atoms with Crippen molar-refractivity contribution in [1.82, 2.24) is 10.3 Å². The molecule has 0 aliphatic heterocycles. The summed E-state index contributed by atoms with van der Waals surface area (Å²) in [4.78, 5) is 38.9. The van der Waals surface area contributed by atoms with Crippen LogP contribution in [0, 0.1) is 5.92 Å². The van der Waals surface area contributed by atoms with Gasteiger partial charge in [-0.05, 0) is 18.8 Å². The van der Waals surface area contributed by atoms with Gasteiger partial charge < -0.3 is 16.4 Å². The quantitative estimate of drug-likeness (QED) is 0.748. The van der Waals surface area contributed by atoms with Crippen LogP contribution in [0.3, 0.4) is 0 Å². The zero-order chi connectivity index (χ0) is 15.4. The normalized spacial score (nSPS) is 16.4. The summed E-state index contributed by atoms with van der Waals surface area (Å²) in [6.07, 6.45) is 5.30. The summed E-state index contributed by atoms with van der Waals surface area (Å²) in [5, 5.41) is 5.66. The average Bonchev–Trinajstić information content (AvgIpc) is 3.06. The molecule has 1 unspecified atom stereocenters. The molecule has 4 N–H and O–H groups in total. The van der Waals surface area contributed by atoms with E-state index in [1.165, 1.54) is 13.1 Å². The van der Waals surface area contributed by atoms with E-state index in [4.69, 9.17) is 5.73 Å². The SMILES string of the molecule is CC(=O)NC(C(=O)Nc1ncc(C(N)=O)s1)C1CCCC1. The zero-order valence-corrected chi connectivity index (χ0v) is 12.5. The summed E-state index contributed by atoms with van der Waals surface area (Å²) in [5.41, 5.74) is 5.14. The fourth-order valence-corrected chi connectivity index (χ4v) is 3.21. The first-order valence-corrected chi connectivity index (χ1v) is 7.62. The lowest BCUT2D eigenvalue weighted by Gasteiger charge is -2.22. The maximum atomic E-state index is 12.3. The molecule has 7 nitrogen and oxygen atoms in total. The minimum absolute atomic E-state index is 0.143. The van der Waals surface area contributed by atoms with Gasteiger partial charge in [0.05, 0.1) is 6.20 Å². The van der Waals surface area contributed by atoms with Gasteiger partial charge in [-0.3, -0.25) is 14.4 Å². The number of nitrogens with one attached hydrogen (secondary N) is 2. The number of thiazole rings is 1. The van der Waals surface area contributed by atoms with E-state index in [2.05, 4.69) is 15.6 Å². The maximum Gasteiger partial charge on any atom is 0.260 e. The van der Waals surface area contributed by atoms with Crippen molar-refractivity contribution < 1.29 is 14.4 Å². The number of aromatic nitrogens is 1. The number of rotatable bonds is 5. The van der Waals surface area contributed by atoms with E-state index >= 15 is 0 Å². The van der Waals surface area contributed by atoms with Gasteiger partial charge in [-0.2, -0.15) is 0 Å². The molecule has 1 saturated carbocycles. The molecule has 1 heterocycles. The number of carbonyl (C=O) groups excluding carboxylic acids is 3. The van der Waals surface area contributed by atoms with Crippen LogP contribution in [0.4, 0.5) is 5.13 Å². The highest BCUT2D eigenvalue weighted by atomic mass is 32.1. The summed E-state index contributed by atoms with van der Waals surface area (Å²) in [6, 6.07) is -0.564. The Morgan fingerprint density at radius 3 is 2.57 bits per heavy atom. The Labute approximate surface area is 126 Å². The van der Waals surface area contributed by atoms with Crippen molar-refractivity contribution in [3.05, 3.63) is 11.1 Å². The van der Waals surface area contributed by atoms with E-state index in [9.17, 15) is 14.4 Å². The van der Waals surface area contributed by atoms with Gasteiger partial charge in [0.2, 0.25) is 11.8 Å². The number of anilines is 1. The first kappa shape index (κ1) is 15.4. The van der Waals surface area contributed by atoms with Gasteiger partial charge in [-0.15, -0.1) is 0 Å². The van der Waals surface area contributed by atoms with Crippen molar-refractivity contribution in [3.63, 3.8) is 0 Å². The largest absolute Gasteiger partial charge is 0.365 e. The second kappa shape index (κ2) is 6.66. The van der Waals surface area contributed by atoms with Crippen LogP contribution in [0.2, 0.25) is 0 Å². The van der Waals surface area contributed by atoms with Crippen LogP contribution < -0.4 is 16.4 Å². The average molecular weight is 310 g/mol. The number of primary amides is 1. The smallest absolute Gasteiger partial charge is 0.260 e. The standard InChI is InChI=1S/C13H18N4O3S/c1-7(18)16-10(8-4-2-3-5-8)12(20)17-13-15-6-9(21-13)11(14)19/h6,8,10H,2-5H2,1H3,(H2,14,19)(H,16,18)(H,15,17,20). The van der Waals surface area contributed by atoms with Gasteiger partial charge in [-0.25, -0.2) is 4.98 Å². The van der Waals surface area contributed by atoms with Gasteiger partial charge in [0.25, 0.3) is 5.91 Å². The number of carbonyl (C=O) groups is 3. The fourth-order valence-electron chi connectivity index (χ4n) is 2.54. The number of nitrogens with two attached hydrogens (primary N) is 1.